The molecule has 4 N–H and O–H groups in total. The van der Waals surface area contributed by atoms with Crippen LogP contribution < -0.4 is 18.9 Å². The van der Waals surface area contributed by atoms with Gasteiger partial charge in [0.15, 0.2) is 11.5 Å². The lowest BCUT2D eigenvalue weighted by atomic mass is 9.95. The lowest BCUT2D eigenvalue weighted by Crippen LogP contribution is -2.00. The van der Waals surface area contributed by atoms with Gasteiger partial charge in [0.1, 0.15) is 46.0 Å². The summed E-state index contributed by atoms with van der Waals surface area (Å²) in [6.45, 7) is 23.7. The van der Waals surface area contributed by atoms with Gasteiger partial charge in [-0.05, 0) is 279 Å². The Labute approximate surface area is 434 Å². The van der Waals surface area contributed by atoms with E-state index in [2.05, 4.69) is 24.3 Å². The van der Waals surface area contributed by atoms with E-state index in [1.165, 1.54) is 0 Å². The minimum absolute atomic E-state index is 0.254. The lowest BCUT2D eigenvalue weighted by molar-refractivity contribution is 0.363. The van der Waals surface area contributed by atoms with Crippen molar-refractivity contribution in [3.63, 3.8) is 0 Å². The minimum atomic E-state index is 0.254. The summed E-state index contributed by atoms with van der Waals surface area (Å²) in [4.78, 5) is 0. The lowest BCUT2D eigenvalue weighted by Gasteiger charge is -2.22. The molecule has 74 heavy (non-hydrogen) atoms. The molecule has 0 bridgehead atoms. The van der Waals surface area contributed by atoms with E-state index >= 15 is 0 Å². The fraction of sp³-hybridized carbons (Fsp3) is 0.182. The van der Waals surface area contributed by atoms with Crippen LogP contribution >= 0.6 is 0 Å². The average molecular weight is 983 g/mol. The molecule has 0 aliphatic heterocycles. The fourth-order valence-corrected chi connectivity index (χ4v) is 9.54. The maximum atomic E-state index is 10.5. The molecule has 9 aromatic rings. The first kappa shape index (κ1) is 50.3. The van der Waals surface area contributed by atoms with Gasteiger partial charge in [0.2, 0.25) is 11.5 Å². The fourth-order valence-electron chi connectivity index (χ4n) is 9.54. The van der Waals surface area contributed by atoms with Crippen molar-refractivity contribution >= 4 is 0 Å². The number of ether oxygens (including phenoxy) is 4. The third-order valence-corrected chi connectivity index (χ3v) is 14.9. The normalized spacial score (nSPS) is 11.2. The van der Waals surface area contributed by atoms with Crippen LogP contribution in [0.3, 0.4) is 0 Å². The van der Waals surface area contributed by atoms with E-state index in [4.69, 9.17) is 18.9 Å². The van der Waals surface area contributed by atoms with E-state index in [1.807, 2.05) is 168 Å². The molecule has 0 atom stereocenters. The second-order valence-electron chi connectivity index (χ2n) is 19.6. The standard InChI is InChI=1S/C66H62O8/c1-35-31-47(51-17-21-55(67)43(9)39(51)5)13-25-59(35)71-63-29-30-64(72-60-26-14-48(32-36(60)2)52-18-22-56(68)44(10)40(52)6)66(74-62-28-16-50(34-38(62)4)54-20-24-58(70)46(12)42(54)8)65(63)73-61-27-15-49(33-37(61)3)53-19-23-57(69)45(11)41(53)7/h13-34,67-70H,1-12H3. The number of hydrogen-bond acceptors (Lipinski definition) is 8. The summed E-state index contributed by atoms with van der Waals surface area (Å²) in [5.41, 5.74) is 18.7. The smallest absolute Gasteiger partial charge is 0.216 e. The zero-order chi connectivity index (χ0) is 52.9. The Morgan fingerprint density at radius 3 is 0.676 bits per heavy atom. The molecule has 8 heteroatoms. The quantitative estimate of drug-likeness (QED) is 0.0956. The molecule has 0 fully saturated rings. The third kappa shape index (κ3) is 9.59. The topological polar surface area (TPSA) is 118 Å². The summed E-state index contributed by atoms with van der Waals surface area (Å²) >= 11 is 0. The molecule has 374 valence electrons. The molecular weight excluding hydrogens is 921 g/mol. The molecule has 0 amide bonds. The van der Waals surface area contributed by atoms with Crippen molar-refractivity contribution in [1.29, 1.82) is 0 Å². The average Bonchev–Trinajstić information content (AvgIpc) is 3.37. The second-order valence-corrected chi connectivity index (χ2v) is 19.6. The summed E-state index contributed by atoms with van der Waals surface area (Å²) in [6.07, 6.45) is 0. The maximum Gasteiger partial charge on any atom is 0.216 e. The van der Waals surface area contributed by atoms with Crippen molar-refractivity contribution in [2.24, 2.45) is 0 Å². The summed E-state index contributed by atoms with van der Waals surface area (Å²) in [5, 5.41) is 41.8. The maximum absolute atomic E-state index is 10.5. The molecule has 9 rings (SSSR count). The predicted octanol–water partition coefficient (Wildman–Crippen LogP) is 18.0. The van der Waals surface area contributed by atoms with Gasteiger partial charge < -0.3 is 39.4 Å². The Bertz CT molecular complexity index is 3450. The van der Waals surface area contributed by atoms with E-state index in [0.717, 1.165) is 111 Å². The van der Waals surface area contributed by atoms with Gasteiger partial charge in [-0.2, -0.15) is 0 Å². The molecule has 0 heterocycles. The SMILES string of the molecule is Cc1cc(-c2ccc(O)c(C)c2C)ccc1Oc1ccc(Oc2ccc(-c3ccc(O)c(C)c3C)cc2C)c(Oc2ccc(-c3ccc(O)c(C)c3C)cc2C)c1Oc1ccc(-c2ccc(O)c(C)c2C)cc1C. The molecule has 8 nitrogen and oxygen atoms in total. The van der Waals surface area contributed by atoms with Gasteiger partial charge >= 0.3 is 0 Å². The highest BCUT2D eigenvalue weighted by Crippen LogP contribution is 2.53. The monoisotopic (exact) mass is 982 g/mol. The van der Waals surface area contributed by atoms with Crippen LogP contribution in [0.25, 0.3) is 44.5 Å². The van der Waals surface area contributed by atoms with Crippen LogP contribution in [0.2, 0.25) is 0 Å². The molecule has 0 saturated carbocycles. The number of hydrogen-bond donors (Lipinski definition) is 4. The van der Waals surface area contributed by atoms with Crippen molar-refractivity contribution in [2.45, 2.75) is 83.1 Å². The van der Waals surface area contributed by atoms with E-state index in [1.54, 1.807) is 24.3 Å². The second kappa shape index (κ2) is 20.1. The largest absolute Gasteiger partial charge is 0.508 e. The molecule has 0 aromatic heterocycles. The van der Waals surface area contributed by atoms with Crippen LogP contribution in [0.5, 0.6) is 69.0 Å². The van der Waals surface area contributed by atoms with Gasteiger partial charge in [0.05, 0.1) is 0 Å². The number of aryl methyl sites for hydroxylation is 4. The first-order valence-electron chi connectivity index (χ1n) is 24.8. The molecule has 0 spiro atoms. The van der Waals surface area contributed by atoms with Crippen molar-refractivity contribution in [3.8, 4) is 114 Å². The highest BCUT2D eigenvalue weighted by atomic mass is 16.6. The Kier molecular flexibility index (Phi) is 13.7. The Balaban J connectivity index is 1.20. The summed E-state index contributed by atoms with van der Waals surface area (Å²) in [7, 11) is 0. The summed E-state index contributed by atoms with van der Waals surface area (Å²) < 4.78 is 28.1. The van der Waals surface area contributed by atoms with Crippen molar-refractivity contribution in [1.82, 2.24) is 0 Å². The first-order chi connectivity index (χ1) is 35.3. The van der Waals surface area contributed by atoms with Crippen LogP contribution in [-0.4, -0.2) is 20.4 Å². The first-order valence-corrected chi connectivity index (χ1v) is 24.8. The molecule has 0 unspecified atom stereocenters. The number of benzene rings is 9. The summed E-state index contributed by atoms with van der Waals surface area (Å²) in [5.74, 6) is 4.66. The van der Waals surface area contributed by atoms with E-state index in [-0.39, 0.29) is 34.5 Å². The molecule has 0 saturated heterocycles. The van der Waals surface area contributed by atoms with E-state index < -0.39 is 0 Å². The van der Waals surface area contributed by atoms with Crippen molar-refractivity contribution in [2.75, 3.05) is 0 Å². The van der Waals surface area contributed by atoms with Gasteiger partial charge in [-0.25, -0.2) is 0 Å². The number of phenols is 4. The highest BCUT2D eigenvalue weighted by Gasteiger charge is 2.25. The molecule has 0 aliphatic carbocycles. The van der Waals surface area contributed by atoms with Crippen LogP contribution in [0.4, 0.5) is 0 Å². The highest BCUT2D eigenvalue weighted by molar-refractivity contribution is 5.76. The van der Waals surface area contributed by atoms with Crippen LogP contribution in [0, 0.1) is 83.1 Å². The van der Waals surface area contributed by atoms with Gasteiger partial charge in [0.25, 0.3) is 0 Å². The number of rotatable bonds is 12. The van der Waals surface area contributed by atoms with Crippen LogP contribution in [-0.2, 0) is 0 Å². The summed E-state index contributed by atoms with van der Waals surface area (Å²) in [6, 6.07) is 42.4. The van der Waals surface area contributed by atoms with Gasteiger partial charge in [-0.1, -0.05) is 48.5 Å². The van der Waals surface area contributed by atoms with Crippen LogP contribution in [0.15, 0.2) is 133 Å². The van der Waals surface area contributed by atoms with Gasteiger partial charge in [-0.15, -0.1) is 0 Å². The van der Waals surface area contributed by atoms with Crippen molar-refractivity contribution < 1.29 is 39.4 Å². The molecule has 0 radical (unpaired) electrons. The Morgan fingerprint density at radius 2 is 0.446 bits per heavy atom. The third-order valence-electron chi connectivity index (χ3n) is 14.9. The molecule has 0 aliphatic rings. The van der Waals surface area contributed by atoms with E-state index in [9.17, 15) is 20.4 Å². The van der Waals surface area contributed by atoms with Crippen molar-refractivity contribution in [3.05, 3.63) is 200 Å². The zero-order valence-corrected chi connectivity index (χ0v) is 44.1. The van der Waals surface area contributed by atoms with E-state index in [0.29, 0.717) is 34.5 Å². The molecular formula is C66H62O8. The molecule has 9 aromatic carbocycles. The minimum Gasteiger partial charge on any atom is -0.508 e. The van der Waals surface area contributed by atoms with Crippen LogP contribution in [0.1, 0.15) is 66.8 Å². The number of phenolic OH excluding ortho intramolecular Hbond substituents is 4. The zero-order valence-electron chi connectivity index (χ0n) is 44.1. The van der Waals surface area contributed by atoms with Gasteiger partial charge in [-0.3, -0.25) is 0 Å². The predicted molar refractivity (Wildman–Crippen MR) is 298 cm³/mol. The number of aromatic hydroxyl groups is 4. The Morgan fingerprint density at radius 1 is 0.230 bits per heavy atom. The van der Waals surface area contributed by atoms with Gasteiger partial charge in [0, 0.05) is 0 Å². The Hall–Kier alpha value is -8.62.